The van der Waals surface area contributed by atoms with Gasteiger partial charge in [0.1, 0.15) is 5.70 Å². The molecule has 4 rings (SSSR count). The van der Waals surface area contributed by atoms with Gasteiger partial charge in [0.25, 0.3) is 0 Å². The molecule has 1 saturated carbocycles. The van der Waals surface area contributed by atoms with Gasteiger partial charge in [-0.15, -0.1) is 11.8 Å². The number of fused-ring (bicyclic) bond motifs is 1. The Labute approximate surface area is 174 Å². The van der Waals surface area contributed by atoms with Gasteiger partial charge in [0, 0.05) is 41.2 Å². The van der Waals surface area contributed by atoms with Crippen molar-refractivity contribution in [3.63, 3.8) is 0 Å². The fraction of sp³-hybridized carbons (Fsp3) is 0.737. The van der Waals surface area contributed by atoms with E-state index < -0.39 is 18.0 Å². The number of guanidine groups is 1. The molecular formula is C19H29N5O4S. The van der Waals surface area contributed by atoms with Crippen LogP contribution in [0, 0.1) is 17.2 Å². The summed E-state index contributed by atoms with van der Waals surface area (Å²) in [5.41, 5.74) is 5.54. The van der Waals surface area contributed by atoms with Crippen molar-refractivity contribution in [2.24, 2.45) is 17.6 Å². The molecule has 10 heteroatoms. The molecule has 1 amide bonds. The molecule has 4 aliphatic rings. The van der Waals surface area contributed by atoms with Crippen LogP contribution in [0.5, 0.6) is 0 Å². The summed E-state index contributed by atoms with van der Waals surface area (Å²) in [5, 5.41) is 30.3. The zero-order chi connectivity index (χ0) is 21.0. The summed E-state index contributed by atoms with van der Waals surface area (Å²) in [5.74, 6) is -1.92. The number of β-lactam (4-membered cyclic amide) rings is 1. The zero-order valence-electron chi connectivity index (χ0n) is 16.7. The number of aliphatic carboxylic acids is 1. The van der Waals surface area contributed by atoms with Gasteiger partial charge in [-0.3, -0.25) is 15.1 Å². The lowest BCUT2D eigenvalue weighted by Gasteiger charge is -2.46. The maximum atomic E-state index is 12.4. The van der Waals surface area contributed by atoms with E-state index in [2.05, 4.69) is 10.2 Å². The van der Waals surface area contributed by atoms with Crippen LogP contribution >= 0.6 is 11.8 Å². The highest BCUT2D eigenvalue weighted by Gasteiger charge is 2.60. The minimum Gasteiger partial charge on any atom is -0.477 e. The molecule has 6 atom stereocenters. The highest BCUT2D eigenvalue weighted by Crippen LogP contribution is 2.52. The fourth-order valence-corrected chi connectivity index (χ4v) is 6.88. The number of carbonyl (C=O) groups excluding carboxylic acids is 1. The van der Waals surface area contributed by atoms with Gasteiger partial charge < -0.3 is 26.2 Å². The van der Waals surface area contributed by atoms with E-state index in [1.165, 1.54) is 4.90 Å². The lowest BCUT2D eigenvalue weighted by molar-refractivity contribution is -0.163. The Morgan fingerprint density at radius 1 is 1.38 bits per heavy atom. The molecule has 3 heterocycles. The van der Waals surface area contributed by atoms with Crippen LogP contribution in [-0.4, -0.2) is 80.4 Å². The van der Waals surface area contributed by atoms with Crippen LogP contribution in [0.1, 0.15) is 33.1 Å². The van der Waals surface area contributed by atoms with E-state index in [4.69, 9.17) is 11.1 Å². The summed E-state index contributed by atoms with van der Waals surface area (Å²) < 4.78 is 0. The molecule has 3 aliphatic heterocycles. The summed E-state index contributed by atoms with van der Waals surface area (Å²) in [4.78, 5) is 28.9. The number of carboxylic acid groups (broad SMARTS) is 1. The first-order valence-corrected chi connectivity index (χ1v) is 11.1. The molecular weight excluding hydrogens is 394 g/mol. The molecule has 0 spiro atoms. The third kappa shape index (κ3) is 3.40. The summed E-state index contributed by atoms with van der Waals surface area (Å²) in [7, 11) is 0. The molecule has 0 aromatic carbocycles. The summed E-state index contributed by atoms with van der Waals surface area (Å²) >= 11 is 1.59. The maximum Gasteiger partial charge on any atom is 0.353 e. The van der Waals surface area contributed by atoms with Crippen LogP contribution in [-0.2, 0) is 9.59 Å². The topological polar surface area (TPSA) is 143 Å². The number of thioether (sulfide) groups is 1. The number of hydrogen-bond acceptors (Lipinski definition) is 6. The molecule has 0 aromatic rings. The van der Waals surface area contributed by atoms with Gasteiger partial charge >= 0.3 is 5.97 Å². The number of hydrogen-bond donors (Lipinski definition) is 5. The van der Waals surface area contributed by atoms with Gasteiger partial charge in [-0.25, -0.2) is 4.79 Å². The Hall–Kier alpha value is -1.78. The van der Waals surface area contributed by atoms with Gasteiger partial charge in [-0.1, -0.05) is 6.92 Å². The third-order valence-electron chi connectivity index (χ3n) is 6.76. The molecule has 2 saturated heterocycles. The minimum absolute atomic E-state index is 0.0192. The van der Waals surface area contributed by atoms with E-state index in [-0.39, 0.29) is 35.6 Å². The van der Waals surface area contributed by atoms with Gasteiger partial charge in [0.15, 0.2) is 5.96 Å². The summed E-state index contributed by atoms with van der Waals surface area (Å²) in [6.45, 7) is 5.34. The number of nitrogens with one attached hydrogen (secondary N) is 2. The molecule has 1 aliphatic carbocycles. The van der Waals surface area contributed by atoms with Crippen molar-refractivity contribution in [3.8, 4) is 0 Å². The standard InChI is InChI=1S/C19H29N5O4S/c1-8-14-13(9(2)25)17(26)24(14)15(18(27)28)16(8)29-12-6-23(7-12)11-4-3-10(5-11)22-19(20)21/h8-14,25H,3-7H2,1-2H3,(H,27,28)(H4,20,21,22)/t8-,9-,10+,11-,13-,14-/m1/s1. The second-order valence-corrected chi connectivity index (χ2v) is 10.0. The van der Waals surface area contributed by atoms with Crippen molar-refractivity contribution >= 4 is 29.6 Å². The monoisotopic (exact) mass is 423 g/mol. The predicted octanol–water partition coefficient (Wildman–Crippen LogP) is -0.0383. The molecule has 0 radical (unpaired) electrons. The molecule has 160 valence electrons. The molecule has 0 aromatic heterocycles. The number of amides is 1. The van der Waals surface area contributed by atoms with E-state index in [9.17, 15) is 19.8 Å². The van der Waals surface area contributed by atoms with E-state index in [1.807, 2.05) is 6.92 Å². The lowest BCUT2D eigenvalue weighted by Crippen LogP contribution is -2.63. The van der Waals surface area contributed by atoms with Crippen molar-refractivity contribution in [1.29, 1.82) is 5.41 Å². The van der Waals surface area contributed by atoms with E-state index in [0.717, 1.165) is 37.3 Å². The molecule has 9 nitrogen and oxygen atoms in total. The van der Waals surface area contributed by atoms with Crippen LogP contribution in [0.3, 0.4) is 0 Å². The van der Waals surface area contributed by atoms with Gasteiger partial charge in [0.05, 0.1) is 18.1 Å². The number of likely N-dealkylation sites (tertiary alicyclic amines) is 1. The smallest absolute Gasteiger partial charge is 0.353 e. The first-order valence-electron chi connectivity index (χ1n) is 10.2. The number of carboxylic acids is 1. The first-order chi connectivity index (χ1) is 13.7. The highest BCUT2D eigenvalue weighted by molar-refractivity contribution is 8.03. The van der Waals surface area contributed by atoms with Crippen molar-refractivity contribution in [1.82, 2.24) is 15.1 Å². The van der Waals surface area contributed by atoms with E-state index in [1.54, 1.807) is 18.7 Å². The minimum atomic E-state index is -1.07. The van der Waals surface area contributed by atoms with Gasteiger partial charge in [-0.05, 0) is 26.2 Å². The van der Waals surface area contributed by atoms with E-state index in [0.29, 0.717) is 11.3 Å². The zero-order valence-corrected chi connectivity index (χ0v) is 17.5. The van der Waals surface area contributed by atoms with Crippen molar-refractivity contribution in [2.75, 3.05) is 13.1 Å². The van der Waals surface area contributed by atoms with Crippen molar-refractivity contribution in [3.05, 3.63) is 10.6 Å². The quantitative estimate of drug-likeness (QED) is 0.228. The number of aliphatic hydroxyl groups is 1. The third-order valence-corrected chi connectivity index (χ3v) is 8.21. The second kappa shape index (κ2) is 7.48. The number of nitrogens with zero attached hydrogens (tertiary/aromatic N) is 2. The normalized spacial score (nSPS) is 35.9. The highest BCUT2D eigenvalue weighted by atomic mass is 32.2. The number of nitrogens with two attached hydrogens (primary N) is 1. The van der Waals surface area contributed by atoms with Crippen LogP contribution in [0.25, 0.3) is 0 Å². The molecule has 3 fully saturated rings. The Kier molecular flexibility index (Phi) is 5.28. The molecule has 0 bridgehead atoms. The number of rotatable bonds is 6. The van der Waals surface area contributed by atoms with Crippen molar-refractivity contribution < 1.29 is 19.8 Å². The van der Waals surface area contributed by atoms with Gasteiger partial charge in [-0.2, -0.15) is 0 Å². The second-order valence-electron chi connectivity index (χ2n) is 8.69. The Morgan fingerprint density at radius 3 is 2.66 bits per heavy atom. The average molecular weight is 424 g/mol. The first kappa shape index (κ1) is 20.5. The maximum absolute atomic E-state index is 12.4. The number of aliphatic hydroxyl groups excluding tert-OH is 1. The predicted molar refractivity (Wildman–Crippen MR) is 109 cm³/mol. The van der Waals surface area contributed by atoms with Crippen LogP contribution in [0.4, 0.5) is 0 Å². The van der Waals surface area contributed by atoms with Crippen molar-refractivity contribution in [2.45, 2.75) is 62.6 Å². The average Bonchev–Trinajstić information content (AvgIpc) is 3.11. The van der Waals surface area contributed by atoms with Crippen LogP contribution in [0.15, 0.2) is 10.6 Å². The Morgan fingerprint density at radius 2 is 2.07 bits per heavy atom. The van der Waals surface area contributed by atoms with E-state index >= 15 is 0 Å². The molecule has 6 N–H and O–H groups in total. The van der Waals surface area contributed by atoms with Crippen LogP contribution in [0.2, 0.25) is 0 Å². The fourth-order valence-electron chi connectivity index (χ4n) is 5.34. The van der Waals surface area contributed by atoms with Crippen LogP contribution < -0.4 is 11.1 Å². The Balaban J connectivity index is 1.37. The number of carbonyl (C=O) groups is 2. The Bertz CT molecular complexity index is 766. The summed E-state index contributed by atoms with van der Waals surface area (Å²) in [6.07, 6.45) is 2.27. The lowest BCUT2D eigenvalue weighted by atomic mass is 9.79. The largest absolute Gasteiger partial charge is 0.477 e. The molecule has 0 unspecified atom stereocenters. The SMILES string of the molecule is C[C@@H](O)[C@H]1C(=O)N2C(C(=O)O)=C(SC3CN([C@@H]4CC[C@H](NC(=N)N)C4)C3)[C@H](C)[C@H]12. The molecule has 29 heavy (non-hydrogen) atoms. The van der Waals surface area contributed by atoms with Gasteiger partial charge in [0.2, 0.25) is 5.91 Å². The summed E-state index contributed by atoms with van der Waals surface area (Å²) in [6, 6.07) is 0.478.